The van der Waals surface area contributed by atoms with E-state index in [1.54, 1.807) is 0 Å². The molecule has 0 saturated carbocycles. The van der Waals surface area contributed by atoms with E-state index in [4.69, 9.17) is 15.0 Å². The molecule has 0 saturated heterocycles. The Kier molecular flexibility index (Phi) is 7.07. The maximum atomic E-state index is 5.62. The minimum absolute atomic E-state index is 0.115. The zero-order valence-corrected chi connectivity index (χ0v) is 27.5. The zero-order chi connectivity index (χ0) is 30.2. The zero-order valence-electron chi connectivity index (χ0n) is 24.8. The van der Waals surface area contributed by atoms with Crippen molar-refractivity contribution in [3.05, 3.63) is 163 Å². The molecule has 4 aromatic heterocycles. The Morgan fingerprint density at radius 1 is 0.467 bits per heavy atom. The molecule has 0 N–H and O–H groups in total. The van der Waals surface area contributed by atoms with Crippen LogP contribution in [0.4, 0.5) is 0 Å². The van der Waals surface area contributed by atoms with Gasteiger partial charge in [-0.15, -0.1) is 0 Å². The van der Waals surface area contributed by atoms with E-state index >= 15 is 0 Å². The third-order valence-corrected chi connectivity index (χ3v) is 15.4. The fraction of sp³-hybridized carbons (Fsp3) is 0.0250. The molecular weight excluding hydrogens is 630 g/mol. The van der Waals surface area contributed by atoms with Gasteiger partial charge in [-0.3, -0.25) is 0 Å². The summed E-state index contributed by atoms with van der Waals surface area (Å²) in [5.41, 5.74) is 5.34. The van der Waals surface area contributed by atoms with Crippen molar-refractivity contribution in [2.45, 2.75) is 6.92 Å². The van der Waals surface area contributed by atoms with Crippen molar-refractivity contribution in [3.8, 4) is 22.5 Å². The van der Waals surface area contributed by atoms with Crippen molar-refractivity contribution in [1.29, 1.82) is 0 Å². The number of benzene rings is 4. The molecule has 0 aliphatic rings. The molecule has 3 nitrogen and oxygen atoms in total. The summed E-state index contributed by atoms with van der Waals surface area (Å²) in [7, 11) is -2.95. The summed E-state index contributed by atoms with van der Waals surface area (Å²) in [5.74, 6) is 0. The van der Waals surface area contributed by atoms with Crippen LogP contribution in [-0.2, 0) is 0 Å². The van der Waals surface area contributed by atoms with Crippen LogP contribution in [0, 0.1) is 6.92 Å². The van der Waals surface area contributed by atoms with Crippen LogP contribution in [0.1, 0.15) is 5.69 Å². The summed E-state index contributed by atoms with van der Waals surface area (Å²) in [6.45, 7) is 2.07. The molecule has 5 heteroatoms. The van der Waals surface area contributed by atoms with Crippen molar-refractivity contribution < 1.29 is 0 Å². The van der Waals surface area contributed by atoms with E-state index in [0.717, 1.165) is 33.3 Å². The van der Waals surface area contributed by atoms with Crippen LogP contribution in [0.5, 0.6) is 0 Å². The van der Waals surface area contributed by atoms with Gasteiger partial charge in [-0.2, -0.15) is 0 Å². The molecular formula is C40H29N3SeSi. The topological polar surface area (TPSA) is 38.7 Å². The molecule has 4 aromatic carbocycles. The number of nitrogens with zero attached hydrogens (tertiary/aromatic N) is 3. The van der Waals surface area contributed by atoms with E-state index in [1.165, 1.54) is 35.4 Å². The number of aromatic nitrogens is 3. The Morgan fingerprint density at radius 3 is 1.71 bits per heavy atom. The van der Waals surface area contributed by atoms with Crippen molar-refractivity contribution in [2.24, 2.45) is 0 Å². The second-order valence-electron chi connectivity index (χ2n) is 11.3. The van der Waals surface area contributed by atoms with Crippen molar-refractivity contribution in [1.82, 2.24) is 15.0 Å². The first-order valence-corrected chi connectivity index (χ1v) is 18.8. The summed E-state index contributed by atoms with van der Waals surface area (Å²) in [4.78, 5) is 16.0. The molecule has 0 radical (unpaired) electrons. The van der Waals surface area contributed by atoms with Gasteiger partial charge < -0.3 is 0 Å². The normalized spacial score (nSPS) is 11.7. The van der Waals surface area contributed by atoms with Crippen molar-refractivity contribution >= 4 is 63.0 Å². The van der Waals surface area contributed by atoms with Crippen LogP contribution in [0.25, 0.3) is 41.9 Å². The first-order valence-electron chi connectivity index (χ1n) is 15.1. The summed E-state index contributed by atoms with van der Waals surface area (Å²) in [6, 6.07) is 56.3. The Morgan fingerprint density at radius 2 is 1.04 bits per heavy atom. The molecule has 0 amide bonds. The molecule has 0 fully saturated rings. The second kappa shape index (κ2) is 11.5. The van der Waals surface area contributed by atoms with Gasteiger partial charge in [-0.05, 0) is 0 Å². The van der Waals surface area contributed by atoms with E-state index in [-0.39, 0.29) is 14.5 Å². The summed E-state index contributed by atoms with van der Waals surface area (Å²) in [6.07, 6.45) is 0. The average molecular weight is 659 g/mol. The van der Waals surface area contributed by atoms with Crippen LogP contribution in [-0.4, -0.2) is 37.5 Å². The molecule has 0 unspecified atom stereocenters. The molecule has 0 atom stereocenters. The fourth-order valence-corrected chi connectivity index (χ4v) is 13.5. The van der Waals surface area contributed by atoms with E-state index in [0.29, 0.717) is 0 Å². The van der Waals surface area contributed by atoms with E-state index in [2.05, 4.69) is 159 Å². The van der Waals surface area contributed by atoms with Crippen LogP contribution >= 0.6 is 0 Å². The molecule has 8 rings (SSSR count). The predicted octanol–water partition coefficient (Wildman–Crippen LogP) is 6.25. The van der Waals surface area contributed by atoms with Crippen LogP contribution in [0.15, 0.2) is 158 Å². The third kappa shape index (κ3) is 4.77. The first kappa shape index (κ1) is 27.6. The molecule has 0 aliphatic carbocycles. The number of hydrogen-bond acceptors (Lipinski definition) is 3. The van der Waals surface area contributed by atoms with Crippen molar-refractivity contribution in [2.75, 3.05) is 0 Å². The predicted molar refractivity (Wildman–Crippen MR) is 191 cm³/mol. The van der Waals surface area contributed by atoms with Crippen LogP contribution in [0.2, 0.25) is 0 Å². The monoisotopic (exact) mass is 659 g/mol. The van der Waals surface area contributed by atoms with Gasteiger partial charge >= 0.3 is 265 Å². The quantitative estimate of drug-likeness (QED) is 0.198. The van der Waals surface area contributed by atoms with Gasteiger partial charge in [0.05, 0.1) is 0 Å². The average Bonchev–Trinajstić information content (AvgIpc) is 3.48. The Balaban J connectivity index is 1.41. The molecule has 0 spiro atoms. The molecule has 0 aliphatic heterocycles. The van der Waals surface area contributed by atoms with Gasteiger partial charge in [-0.25, -0.2) is 0 Å². The van der Waals surface area contributed by atoms with Gasteiger partial charge in [0.25, 0.3) is 0 Å². The minimum atomic E-state index is -2.95. The Hall–Kier alpha value is -4.93. The molecule has 4 heterocycles. The molecule has 45 heavy (non-hydrogen) atoms. The van der Waals surface area contributed by atoms with Gasteiger partial charge in [0.15, 0.2) is 0 Å². The number of rotatable bonds is 6. The van der Waals surface area contributed by atoms with Gasteiger partial charge in [-0.1, -0.05) is 6.07 Å². The van der Waals surface area contributed by atoms with Crippen LogP contribution in [0.3, 0.4) is 0 Å². The standard InChI is InChI=1S/C40H29N3SeSi/c1-28-26-27-33-32-20-11-21-34(39(32)44-40(33)41-28)36-23-13-25-38(43-36)45(30-16-7-3-8-17-30,31-18-9-4-10-19-31)37-24-12-22-35(42-37)29-14-5-2-6-15-29/h2-27H,1H3. The van der Waals surface area contributed by atoms with Gasteiger partial charge in [0.2, 0.25) is 0 Å². The molecule has 0 bridgehead atoms. The van der Waals surface area contributed by atoms with E-state index in [9.17, 15) is 0 Å². The Bertz CT molecular complexity index is 2240. The first-order chi connectivity index (χ1) is 22.2. The van der Waals surface area contributed by atoms with E-state index in [1.807, 2.05) is 6.07 Å². The van der Waals surface area contributed by atoms with E-state index < -0.39 is 8.07 Å². The molecule has 214 valence electrons. The SMILES string of the molecule is Cc1ccc2c(n1)[se]c1c(-c3cccc([Si](c4ccccc4)(c4ccccc4)c4cccc(-c5ccccc5)n4)n3)cccc12. The second-order valence-corrected chi connectivity index (χ2v) is 17.0. The van der Waals surface area contributed by atoms with Crippen LogP contribution < -0.4 is 21.0 Å². The summed E-state index contributed by atoms with van der Waals surface area (Å²) >= 11 is 0.115. The third-order valence-electron chi connectivity index (χ3n) is 8.53. The summed E-state index contributed by atoms with van der Waals surface area (Å²) in [5, 5.41) is 7.20. The number of pyridine rings is 3. The molecule has 8 aromatic rings. The maximum absolute atomic E-state index is 5.62. The number of hydrogen-bond donors (Lipinski definition) is 0. The Labute approximate surface area is 269 Å². The number of aryl methyl sites for hydroxylation is 1. The van der Waals surface area contributed by atoms with Crippen molar-refractivity contribution in [3.63, 3.8) is 0 Å². The fourth-order valence-electron chi connectivity index (χ4n) is 6.45. The van der Waals surface area contributed by atoms with Gasteiger partial charge in [0, 0.05) is 0 Å². The summed E-state index contributed by atoms with van der Waals surface area (Å²) < 4.78 is 2.57. The van der Waals surface area contributed by atoms with Gasteiger partial charge in [0.1, 0.15) is 0 Å². The number of fused-ring (bicyclic) bond motifs is 3.